The molecule has 0 aliphatic heterocycles. The van der Waals surface area contributed by atoms with Gasteiger partial charge in [-0.05, 0) is 56.1 Å². The fourth-order valence-electron chi connectivity index (χ4n) is 2.68. The molecule has 0 aliphatic carbocycles. The van der Waals surface area contributed by atoms with Crippen LogP contribution in [0, 0.1) is 5.82 Å². The molecule has 0 fully saturated rings. The number of hydrogen-bond donors (Lipinski definition) is 0. The van der Waals surface area contributed by atoms with Gasteiger partial charge in [0.1, 0.15) is 5.82 Å². The second-order valence-corrected chi connectivity index (χ2v) is 9.10. The summed E-state index contributed by atoms with van der Waals surface area (Å²) in [5.74, 6) is -0.654. The third kappa shape index (κ3) is 6.92. The topological polar surface area (TPSA) is 66.9 Å². The van der Waals surface area contributed by atoms with E-state index in [4.69, 9.17) is 4.74 Å². The maximum Gasteiger partial charge on any atom is 0.254 e. The highest BCUT2D eigenvalue weighted by Crippen LogP contribution is 2.16. The van der Waals surface area contributed by atoms with E-state index >= 15 is 0 Å². The molecule has 2 aromatic rings. The van der Waals surface area contributed by atoms with Gasteiger partial charge in [0, 0.05) is 32.3 Å². The molecular formula is C21H27FN2O4S. The molecule has 0 bridgehead atoms. The molecule has 0 saturated carbocycles. The van der Waals surface area contributed by atoms with Gasteiger partial charge in [-0.2, -0.15) is 0 Å². The van der Waals surface area contributed by atoms with Crippen molar-refractivity contribution < 1.29 is 22.3 Å². The number of benzene rings is 2. The van der Waals surface area contributed by atoms with Gasteiger partial charge in [0.15, 0.2) is 9.84 Å². The number of ether oxygens (including phenoxy) is 1. The zero-order valence-electron chi connectivity index (χ0n) is 17.0. The quantitative estimate of drug-likeness (QED) is 0.588. The summed E-state index contributed by atoms with van der Waals surface area (Å²) in [6, 6.07) is 12.0. The lowest BCUT2D eigenvalue weighted by atomic mass is 10.1. The number of nitrogens with zero attached hydrogens (tertiary/aromatic N) is 2. The second-order valence-electron chi connectivity index (χ2n) is 6.99. The van der Waals surface area contributed by atoms with Crippen molar-refractivity contribution in [2.24, 2.45) is 0 Å². The zero-order valence-corrected chi connectivity index (χ0v) is 17.8. The Hall–Kier alpha value is -2.29. The Labute approximate surface area is 171 Å². The van der Waals surface area contributed by atoms with Crippen LogP contribution >= 0.6 is 0 Å². The SMILES string of the molecule is COCCS(=O)(=O)c1ccc(C(=O)N(CCN(C)C)Cc2ccc(F)cc2)cc1. The zero-order chi connectivity index (χ0) is 21.4. The predicted molar refractivity (Wildman–Crippen MR) is 110 cm³/mol. The summed E-state index contributed by atoms with van der Waals surface area (Å²) in [4.78, 5) is 16.8. The average molecular weight is 423 g/mol. The molecule has 6 nitrogen and oxygen atoms in total. The molecule has 0 aromatic heterocycles. The molecule has 0 spiro atoms. The van der Waals surface area contributed by atoms with Gasteiger partial charge in [-0.3, -0.25) is 4.79 Å². The Morgan fingerprint density at radius 1 is 1.00 bits per heavy atom. The van der Waals surface area contributed by atoms with Crippen LogP contribution in [0.15, 0.2) is 53.4 Å². The number of hydrogen-bond acceptors (Lipinski definition) is 5. The van der Waals surface area contributed by atoms with Gasteiger partial charge >= 0.3 is 0 Å². The van der Waals surface area contributed by atoms with Crippen LogP contribution in [-0.2, 0) is 21.1 Å². The fraction of sp³-hybridized carbons (Fsp3) is 0.381. The van der Waals surface area contributed by atoms with Crippen LogP contribution in [0.2, 0.25) is 0 Å². The third-order valence-corrected chi connectivity index (χ3v) is 6.10. The molecule has 8 heteroatoms. The summed E-state index contributed by atoms with van der Waals surface area (Å²) in [5, 5.41) is 0. The first-order chi connectivity index (χ1) is 13.7. The van der Waals surface area contributed by atoms with Gasteiger partial charge in [0.05, 0.1) is 17.3 Å². The van der Waals surface area contributed by atoms with Gasteiger partial charge in [0.2, 0.25) is 0 Å². The summed E-state index contributed by atoms with van der Waals surface area (Å²) < 4.78 is 42.5. The normalized spacial score (nSPS) is 11.6. The summed E-state index contributed by atoms with van der Waals surface area (Å²) >= 11 is 0. The van der Waals surface area contributed by atoms with Gasteiger partial charge in [-0.25, -0.2) is 12.8 Å². The standard InChI is InChI=1S/C21H27FN2O4S/c1-23(2)12-13-24(16-17-4-8-19(22)9-5-17)21(25)18-6-10-20(11-7-18)29(26,27)15-14-28-3/h4-11H,12-16H2,1-3H3. The van der Waals surface area contributed by atoms with Crippen LogP contribution in [0.3, 0.4) is 0 Å². The average Bonchev–Trinajstić information content (AvgIpc) is 2.70. The molecule has 0 aliphatic rings. The highest BCUT2D eigenvalue weighted by atomic mass is 32.2. The van der Waals surface area contributed by atoms with E-state index in [1.165, 1.54) is 43.5 Å². The van der Waals surface area contributed by atoms with E-state index in [-0.39, 0.29) is 29.0 Å². The number of halogens is 1. The lowest BCUT2D eigenvalue weighted by Crippen LogP contribution is -2.36. The van der Waals surface area contributed by atoms with Gasteiger partial charge < -0.3 is 14.5 Å². The van der Waals surface area contributed by atoms with Crippen molar-refractivity contribution in [2.45, 2.75) is 11.4 Å². The van der Waals surface area contributed by atoms with Crippen LogP contribution in [-0.4, -0.2) is 70.8 Å². The minimum absolute atomic E-state index is 0.110. The van der Waals surface area contributed by atoms with E-state index in [0.717, 1.165) is 5.56 Å². The molecule has 0 saturated heterocycles. The van der Waals surface area contributed by atoms with Crippen LogP contribution in [0.1, 0.15) is 15.9 Å². The van der Waals surface area contributed by atoms with E-state index in [1.807, 2.05) is 19.0 Å². The molecule has 0 unspecified atom stereocenters. The van der Waals surface area contributed by atoms with Crippen LogP contribution in [0.25, 0.3) is 0 Å². The van der Waals surface area contributed by atoms with Crippen LogP contribution < -0.4 is 0 Å². The van der Waals surface area contributed by atoms with Gasteiger partial charge in [-0.1, -0.05) is 12.1 Å². The monoisotopic (exact) mass is 422 g/mol. The van der Waals surface area contributed by atoms with E-state index in [9.17, 15) is 17.6 Å². The first kappa shape index (κ1) is 23.0. The first-order valence-corrected chi connectivity index (χ1v) is 10.9. The Kier molecular flexibility index (Phi) is 8.31. The van der Waals surface area contributed by atoms with E-state index in [2.05, 4.69) is 0 Å². The predicted octanol–water partition coefficient (Wildman–Crippen LogP) is 2.45. The van der Waals surface area contributed by atoms with E-state index in [0.29, 0.717) is 25.2 Å². The Morgan fingerprint density at radius 3 is 2.17 bits per heavy atom. The van der Waals surface area contributed by atoms with Crippen molar-refractivity contribution in [3.8, 4) is 0 Å². The van der Waals surface area contributed by atoms with Crippen LogP contribution in [0.4, 0.5) is 4.39 Å². The van der Waals surface area contributed by atoms with Crippen molar-refractivity contribution in [2.75, 3.05) is 46.7 Å². The van der Waals surface area contributed by atoms with Crippen molar-refractivity contribution in [3.63, 3.8) is 0 Å². The molecule has 0 heterocycles. The minimum atomic E-state index is -3.45. The molecule has 1 amide bonds. The molecule has 158 valence electrons. The first-order valence-electron chi connectivity index (χ1n) is 9.23. The molecule has 29 heavy (non-hydrogen) atoms. The van der Waals surface area contributed by atoms with E-state index < -0.39 is 9.84 Å². The maximum atomic E-state index is 13.2. The Morgan fingerprint density at radius 2 is 1.62 bits per heavy atom. The Bertz CT molecular complexity index is 897. The molecular weight excluding hydrogens is 395 g/mol. The molecule has 0 N–H and O–H groups in total. The lowest BCUT2D eigenvalue weighted by molar-refractivity contribution is 0.0732. The highest BCUT2D eigenvalue weighted by Gasteiger charge is 2.19. The number of likely N-dealkylation sites (N-methyl/N-ethyl adjacent to an activating group) is 1. The smallest absolute Gasteiger partial charge is 0.254 e. The number of amides is 1. The van der Waals surface area contributed by atoms with Gasteiger partial charge in [-0.15, -0.1) is 0 Å². The van der Waals surface area contributed by atoms with Gasteiger partial charge in [0.25, 0.3) is 5.91 Å². The number of rotatable bonds is 10. The summed E-state index contributed by atoms with van der Waals surface area (Å²) in [7, 11) is 1.83. The second kappa shape index (κ2) is 10.5. The number of methoxy groups -OCH3 is 1. The van der Waals surface area contributed by atoms with Crippen molar-refractivity contribution in [3.05, 3.63) is 65.5 Å². The molecule has 2 aromatic carbocycles. The van der Waals surface area contributed by atoms with E-state index in [1.54, 1.807) is 17.0 Å². The van der Waals surface area contributed by atoms with Crippen molar-refractivity contribution in [1.82, 2.24) is 9.80 Å². The molecule has 0 radical (unpaired) electrons. The minimum Gasteiger partial charge on any atom is -0.384 e. The number of carbonyl (C=O) groups is 1. The lowest BCUT2D eigenvalue weighted by Gasteiger charge is -2.25. The third-order valence-electron chi connectivity index (χ3n) is 4.41. The maximum absolute atomic E-state index is 13.2. The number of sulfone groups is 1. The number of carbonyl (C=O) groups excluding carboxylic acids is 1. The highest BCUT2D eigenvalue weighted by molar-refractivity contribution is 7.91. The summed E-state index contributed by atoms with van der Waals surface area (Å²) in [6.45, 7) is 1.59. The largest absolute Gasteiger partial charge is 0.384 e. The Balaban J connectivity index is 2.19. The molecule has 0 atom stereocenters. The van der Waals surface area contributed by atoms with Crippen LogP contribution in [0.5, 0.6) is 0 Å². The van der Waals surface area contributed by atoms with Crippen molar-refractivity contribution >= 4 is 15.7 Å². The summed E-state index contributed by atoms with van der Waals surface area (Å²) in [5.41, 5.74) is 1.22. The fourth-order valence-corrected chi connectivity index (χ4v) is 3.85. The molecule has 2 rings (SSSR count). The summed E-state index contributed by atoms with van der Waals surface area (Å²) in [6.07, 6.45) is 0. The van der Waals surface area contributed by atoms with Crippen molar-refractivity contribution in [1.29, 1.82) is 0 Å².